The molecule has 0 atom stereocenters. The van der Waals surface area contributed by atoms with Gasteiger partial charge in [0.25, 0.3) is 5.91 Å². The Hall–Kier alpha value is -2.58. The minimum atomic E-state index is -0.978. The van der Waals surface area contributed by atoms with Gasteiger partial charge in [0.2, 0.25) is 0 Å². The molecule has 1 aliphatic heterocycles. The third kappa shape index (κ3) is 3.44. The zero-order chi connectivity index (χ0) is 13.7. The van der Waals surface area contributed by atoms with E-state index in [2.05, 4.69) is 27.0 Å². The van der Waals surface area contributed by atoms with E-state index in [9.17, 15) is 9.59 Å². The number of carbonyl (C=O) groups excluding carboxylic acids is 2. The molecular weight excluding hydrogens is 254 g/mol. The van der Waals surface area contributed by atoms with Crippen LogP contribution in [0.15, 0.2) is 18.6 Å². The monoisotopic (exact) mass is 265 g/mol. The van der Waals surface area contributed by atoms with Gasteiger partial charge in [-0.2, -0.15) is 0 Å². The van der Waals surface area contributed by atoms with Gasteiger partial charge in [-0.3, -0.25) is 9.63 Å². The van der Waals surface area contributed by atoms with Gasteiger partial charge in [-0.05, 0) is 6.42 Å². The van der Waals surface area contributed by atoms with Crippen molar-refractivity contribution in [2.24, 2.45) is 0 Å². The number of hydroxylamine groups is 2. The van der Waals surface area contributed by atoms with Gasteiger partial charge < -0.3 is 4.74 Å². The fourth-order valence-electron chi connectivity index (χ4n) is 1.40. The lowest BCUT2D eigenvalue weighted by Crippen LogP contribution is -2.27. The molecule has 0 bridgehead atoms. The van der Waals surface area contributed by atoms with Crippen LogP contribution in [0.2, 0.25) is 0 Å². The van der Waals surface area contributed by atoms with Gasteiger partial charge in [0, 0.05) is 12.8 Å². The number of allylic oxidation sites excluding steroid dienone is 1. The lowest BCUT2D eigenvalue weighted by atomic mass is 10.3. The van der Waals surface area contributed by atoms with E-state index in [0.29, 0.717) is 17.9 Å². The minimum absolute atomic E-state index is 0.000708. The van der Waals surface area contributed by atoms with Crippen molar-refractivity contribution in [3.63, 3.8) is 0 Å². The van der Waals surface area contributed by atoms with Gasteiger partial charge in [0.1, 0.15) is 6.61 Å². The predicted molar refractivity (Wildman–Crippen MR) is 59.0 cm³/mol. The second-order valence-electron chi connectivity index (χ2n) is 3.66. The van der Waals surface area contributed by atoms with E-state index in [1.165, 1.54) is 6.33 Å². The number of aromatic nitrogens is 4. The Balaban J connectivity index is 1.73. The van der Waals surface area contributed by atoms with Gasteiger partial charge in [-0.1, -0.05) is 6.58 Å². The first-order valence-electron chi connectivity index (χ1n) is 5.51. The number of hydrogen-bond acceptors (Lipinski definition) is 8. The van der Waals surface area contributed by atoms with Crippen LogP contribution in [0.4, 0.5) is 4.79 Å². The van der Waals surface area contributed by atoms with Crippen LogP contribution < -0.4 is 0 Å². The zero-order valence-electron chi connectivity index (χ0n) is 9.98. The summed E-state index contributed by atoms with van der Waals surface area (Å²) in [5.41, 5.74) is 0.432. The molecule has 0 spiro atoms. The molecule has 9 nitrogen and oxygen atoms in total. The molecule has 1 aliphatic rings. The van der Waals surface area contributed by atoms with Crippen molar-refractivity contribution in [3.05, 3.63) is 24.4 Å². The van der Waals surface area contributed by atoms with Crippen LogP contribution in [0.1, 0.15) is 18.7 Å². The lowest BCUT2D eigenvalue weighted by molar-refractivity contribution is -0.157. The number of nitrogens with zero attached hydrogens (tertiary/aromatic N) is 5. The highest BCUT2D eigenvalue weighted by Crippen LogP contribution is 2.20. The molecular formula is C10H11N5O4. The topological polar surface area (TPSA) is 107 Å². The van der Waals surface area contributed by atoms with Crippen LogP contribution in [-0.4, -0.2) is 44.1 Å². The van der Waals surface area contributed by atoms with Crippen molar-refractivity contribution in [2.75, 3.05) is 6.61 Å². The van der Waals surface area contributed by atoms with Crippen LogP contribution in [0.25, 0.3) is 0 Å². The molecule has 1 amide bonds. The van der Waals surface area contributed by atoms with E-state index in [4.69, 9.17) is 9.57 Å². The van der Waals surface area contributed by atoms with Crippen molar-refractivity contribution < 1.29 is 19.2 Å². The average Bonchev–Trinajstić information content (AvgIpc) is 2.72. The number of ether oxygens (including phenoxy) is 1. The van der Waals surface area contributed by atoms with Crippen molar-refractivity contribution in [3.8, 4) is 0 Å². The summed E-state index contributed by atoms with van der Waals surface area (Å²) in [6, 6.07) is 0. The van der Waals surface area contributed by atoms with Gasteiger partial charge in [-0.25, -0.2) is 4.79 Å². The molecule has 0 unspecified atom stereocenters. The number of hydrogen-bond donors (Lipinski definition) is 0. The summed E-state index contributed by atoms with van der Waals surface area (Å²) in [5.74, 6) is 0.0266. The lowest BCUT2D eigenvalue weighted by Gasteiger charge is -2.14. The van der Waals surface area contributed by atoms with Crippen molar-refractivity contribution in [1.82, 2.24) is 25.5 Å². The van der Waals surface area contributed by atoms with E-state index < -0.39 is 6.16 Å². The maximum absolute atomic E-state index is 11.3. The molecule has 0 aliphatic carbocycles. The summed E-state index contributed by atoms with van der Waals surface area (Å²) in [7, 11) is 0. The third-order valence-corrected chi connectivity index (χ3v) is 2.30. The van der Waals surface area contributed by atoms with E-state index in [-0.39, 0.29) is 25.4 Å². The van der Waals surface area contributed by atoms with Crippen molar-refractivity contribution in [2.45, 2.75) is 19.3 Å². The Morgan fingerprint density at radius 3 is 2.74 bits per heavy atom. The van der Waals surface area contributed by atoms with Crippen LogP contribution in [0, 0.1) is 0 Å². The third-order valence-electron chi connectivity index (χ3n) is 2.30. The largest absolute Gasteiger partial charge is 0.533 e. The first-order valence-corrected chi connectivity index (χ1v) is 5.51. The Kier molecular flexibility index (Phi) is 3.96. The molecule has 1 aromatic rings. The summed E-state index contributed by atoms with van der Waals surface area (Å²) in [6.45, 7) is 3.60. The zero-order valence-corrected chi connectivity index (χ0v) is 9.98. The molecule has 1 aromatic heterocycles. The Morgan fingerprint density at radius 1 is 1.37 bits per heavy atom. The maximum Gasteiger partial charge on any atom is 0.533 e. The fourth-order valence-corrected chi connectivity index (χ4v) is 1.40. The van der Waals surface area contributed by atoms with E-state index in [0.717, 1.165) is 5.06 Å². The van der Waals surface area contributed by atoms with Crippen LogP contribution in [0.3, 0.4) is 0 Å². The van der Waals surface area contributed by atoms with E-state index in [1.54, 1.807) is 0 Å². The smallest absolute Gasteiger partial charge is 0.432 e. The molecule has 0 radical (unpaired) electrons. The van der Waals surface area contributed by atoms with Crippen LogP contribution in [-0.2, 0) is 20.8 Å². The molecule has 0 aromatic carbocycles. The Labute approximate surface area is 108 Å². The van der Waals surface area contributed by atoms with Crippen LogP contribution >= 0.6 is 0 Å². The highest BCUT2D eigenvalue weighted by Gasteiger charge is 2.28. The highest BCUT2D eigenvalue weighted by molar-refractivity contribution is 5.81. The number of amides is 1. The van der Waals surface area contributed by atoms with Gasteiger partial charge in [0.15, 0.2) is 12.2 Å². The van der Waals surface area contributed by atoms with Crippen molar-refractivity contribution in [1.29, 1.82) is 0 Å². The number of rotatable bonds is 4. The molecule has 1 fully saturated rings. The highest BCUT2D eigenvalue weighted by atomic mass is 16.8. The van der Waals surface area contributed by atoms with Crippen molar-refractivity contribution >= 4 is 12.1 Å². The fraction of sp³-hybridized carbons (Fsp3) is 0.400. The predicted octanol–water partition coefficient (Wildman–Crippen LogP) is 0.0134. The normalized spacial score (nSPS) is 14.6. The molecule has 100 valence electrons. The summed E-state index contributed by atoms with van der Waals surface area (Å²) in [6.07, 6.45) is 1.23. The van der Waals surface area contributed by atoms with E-state index in [1.807, 2.05) is 0 Å². The molecule has 2 rings (SSSR count). The Bertz CT molecular complexity index is 476. The molecule has 19 heavy (non-hydrogen) atoms. The minimum Gasteiger partial charge on any atom is -0.432 e. The number of carbonyl (C=O) groups is 2. The Morgan fingerprint density at radius 2 is 2.11 bits per heavy atom. The average molecular weight is 265 g/mol. The molecule has 0 N–H and O–H groups in total. The van der Waals surface area contributed by atoms with Crippen LogP contribution in [0.5, 0.6) is 0 Å². The molecule has 1 saturated heterocycles. The van der Waals surface area contributed by atoms with E-state index >= 15 is 0 Å². The van der Waals surface area contributed by atoms with Gasteiger partial charge in [-0.15, -0.1) is 25.5 Å². The molecule has 0 saturated carbocycles. The summed E-state index contributed by atoms with van der Waals surface area (Å²) in [4.78, 5) is 27.4. The summed E-state index contributed by atoms with van der Waals surface area (Å²) >= 11 is 0. The van der Waals surface area contributed by atoms with Gasteiger partial charge in [0.05, 0.1) is 5.70 Å². The SMILES string of the molecule is C=C1CCC(=O)N1OC(=O)OCCc1nncnn1. The second kappa shape index (κ2) is 5.85. The quantitative estimate of drug-likeness (QED) is 0.701. The summed E-state index contributed by atoms with van der Waals surface area (Å²) < 4.78 is 4.77. The molecule has 2 heterocycles. The maximum atomic E-state index is 11.3. The van der Waals surface area contributed by atoms with Gasteiger partial charge >= 0.3 is 6.16 Å². The molecule has 9 heteroatoms. The standard InChI is InChI=1S/C10H11N5O4/c1-7-2-3-9(16)15(7)19-10(17)18-5-4-8-13-11-6-12-14-8/h6H,1-5H2. The first kappa shape index (κ1) is 12.9. The second-order valence-corrected chi connectivity index (χ2v) is 3.66. The first-order chi connectivity index (χ1) is 9.16. The summed E-state index contributed by atoms with van der Waals surface area (Å²) in [5, 5.41) is 15.2.